The summed E-state index contributed by atoms with van der Waals surface area (Å²) in [5, 5.41) is 42.8. The Morgan fingerprint density at radius 3 is 2.35 bits per heavy atom. The lowest BCUT2D eigenvalue weighted by molar-refractivity contribution is -0.180. The standard InChI is InChI=1S/C21H32O5.C16H30N2O4/c1-19-7-5-13(23)9-12(19)3-4-14-15-6-8-21(26,17(25)11-22)20(15,2)10-16(24)18(14)19;1-11(2)9-12(17-15(21)22-16(3,4)5)10-18-8-6-7-13(18)14(19)20/h12-15,18,22-23,26H,3-11H2,1-2H3;11-13H,6-10H2,1-5H3,(H,17,21)(H,19,20)/t12-,13-,14+,15+,18-,19+,20+,21+;12?,13-/m10/s1. The third-order valence-corrected chi connectivity index (χ3v) is 12.7. The minimum atomic E-state index is -1.58. The first kappa shape index (κ1) is 38.7. The van der Waals surface area contributed by atoms with Crippen LogP contribution in [0.4, 0.5) is 4.79 Å². The SMILES string of the molecule is CC(C)CC(CN1CCC[C@H]1C(=O)O)NC(=O)OC(C)(C)C.C[C@]12CC[C@@H](O)C[C@H]1CC[C@@H]1[C@@H]2C(=O)C[C@@]2(C)[C@H]1CC[C@]2(O)C(=O)CO. The molecule has 0 bridgehead atoms. The summed E-state index contributed by atoms with van der Waals surface area (Å²) in [6, 6.07) is -0.537. The molecule has 4 saturated carbocycles. The number of ketones is 2. The van der Waals surface area contributed by atoms with Gasteiger partial charge in [0.2, 0.25) is 0 Å². The highest BCUT2D eigenvalue weighted by molar-refractivity contribution is 5.92. The van der Waals surface area contributed by atoms with Gasteiger partial charge in [-0.05, 0) is 121 Å². The normalized spacial score (nSPS) is 38.6. The number of nitrogens with one attached hydrogen (secondary N) is 1. The molecular weight excluding hydrogens is 616 g/mol. The average molecular weight is 679 g/mol. The second-order valence-electron chi connectivity index (χ2n) is 17.5. The number of hydrogen-bond acceptors (Lipinski definition) is 9. The Labute approximate surface area is 286 Å². The van der Waals surface area contributed by atoms with Crippen molar-refractivity contribution in [3.05, 3.63) is 0 Å². The molecule has 5 aliphatic rings. The topological polar surface area (TPSA) is 174 Å². The summed E-state index contributed by atoms with van der Waals surface area (Å²) in [5.74, 6) is 0.00822. The van der Waals surface area contributed by atoms with Gasteiger partial charge in [-0.15, -0.1) is 0 Å². The number of nitrogens with zero attached hydrogens (tertiary/aromatic N) is 1. The lowest BCUT2D eigenvalue weighted by Crippen LogP contribution is -2.62. The van der Waals surface area contributed by atoms with Gasteiger partial charge in [0.05, 0.1) is 6.10 Å². The van der Waals surface area contributed by atoms with Gasteiger partial charge in [0.1, 0.15) is 29.6 Å². The average Bonchev–Trinajstić information content (AvgIpc) is 3.54. The Balaban J connectivity index is 0.000000221. The molecule has 1 amide bonds. The predicted molar refractivity (Wildman–Crippen MR) is 180 cm³/mol. The van der Waals surface area contributed by atoms with Gasteiger partial charge < -0.3 is 30.5 Å². The van der Waals surface area contributed by atoms with Crippen molar-refractivity contribution in [3.8, 4) is 0 Å². The fraction of sp³-hybridized carbons (Fsp3) is 0.892. The molecule has 10 atom stereocenters. The molecule has 11 nitrogen and oxygen atoms in total. The van der Waals surface area contributed by atoms with Crippen LogP contribution in [0.5, 0.6) is 0 Å². The van der Waals surface area contributed by atoms with Gasteiger partial charge in [-0.2, -0.15) is 0 Å². The molecule has 0 aromatic carbocycles. The highest BCUT2D eigenvalue weighted by Crippen LogP contribution is 2.67. The van der Waals surface area contributed by atoms with Crippen LogP contribution in [0.2, 0.25) is 0 Å². The molecule has 1 saturated heterocycles. The number of aliphatic hydroxyl groups is 3. The molecule has 1 aliphatic heterocycles. The molecule has 4 aliphatic carbocycles. The molecule has 1 heterocycles. The van der Waals surface area contributed by atoms with E-state index in [1.807, 2.05) is 32.6 Å². The molecule has 274 valence electrons. The number of rotatable bonds is 8. The van der Waals surface area contributed by atoms with E-state index in [0.29, 0.717) is 31.2 Å². The highest BCUT2D eigenvalue weighted by Gasteiger charge is 2.68. The molecule has 0 aromatic rings. The summed E-state index contributed by atoms with van der Waals surface area (Å²) >= 11 is 0. The number of fused-ring (bicyclic) bond motifs is 5. The van der Waals surface area contributed by atoms with Gasteiger partial charge in [-0.1, -0.05) is 27.7 Å². The van der Waals surface area contributed by atoms with Gasteiger partial charge in [-0.3, -0.25) is 19.3 Å². The third-order valence-electron chi connectivity index (χ3n) is 12.7. The highest BCUT2D eigenvalue weighted by atomic mass is 16.6. The number of aliphatic carboxylic acids is 1. The fourth-order valence-corrected chi connectivity index (χ4v) is 10.5. The zero-order valence-electron chi connectivity index (χ0n) is 30.3. The van der Waals surface area contributed by atoms with Crippen molar-refractivity contribution >= 4 is 23.6 Å². The zero-order valence-corrected chi connectivity index (χ0v) is 30.3. The van der Waals surface area contributed by atoms with Gasteiger partial charge in [0.15, 0.2) is 5.78 Å². The van der Waals surface area contributed by atoms with E-state index in [0.717, 1.165) is 57.9 Å². The van der Waals surface area contributed by atoms with Crippen molar-refractivity contribution in [3.63, 3.8) is 0 Å². The maximum absolute atomic E-state index is 13.4. The number of carboxylic acids is 1. The number of carbonyl (C=O) groups excluding carboxylic acids is 3. The van der Waals surface area contributed by atoms with Crippen molar-refractivity contribution in [1.29, 1.82) is 0 Å². The van der Waals surface area contributed by atoms with Crippen LogP contribution in [-0.4, -0.2) is 98.0 Å². The van der Waals surface area contributed by atoms with Gasteiger partial charge in [-0.25, -0.2) is 4.79 Å². The zero-order chi connectivity index (χ0) is 35.8. The summed E-state index contributed by atoms with van der Waals surface area (Å²) in [5.41, 5.74) is -2.94. The monoisotopic (exact) mass is 678 g/mol. The Hall–Kier alpha value is -2.08. The Morgan fingerprint density at radius 2 is 1.75 bits per heavy atom. The van der Waals surface area contributed by atoms with E-state index in [4.69, 9.17) is 4.74 Å². The molecular formula is C37H62N2O9. The van der Waals surface area contributed by atoms with Crippen LogP contribution in [0.3, 0.4) is 0 Å². The lowest BCUT2D eigenvalue weighted by Gasteiger charge is -2.60. The van der Waals surface area contributed by atoms with E-state index in [1.54, 1.807) is 0 Å². The smallest absolute Gasteiger partial charge is 0.407 e. The predicted octanol–water partition coefficient (Wildman–Crippen LogP) is 4.34. The second kappa shape index (κ2) is 14.6. The number of likely N-dealkylation sites (tertiary alicyclic amines) is 1. The molecule has 5 rings (SSSR count). The van der Waals surface area contributed by atoms with Crippen LogP contribution >= 0.6 is 0 Å². The van der Waals surface area contributed by atoms with Crippen molar-refractivity contribution in [2.45, 2.75) is 148 Å². The molecule has 0 radical (unpaired) electrons. The van der Waals surface area contributed by atoms with Crippen LogP contribution in [0.15, 0.2) is 0 Å². The van der Waals surface area contributed by atoms with Gasteiger partial charge in [0, 0.05) is 30.3 Å². The first-order chi connectivity index (χ1) is 22.3. The van der Waals surface area contributed by atoms with E-state index in [9.17, 15) is 39.6 Å². The van der Waals surface area contributed by atoms with E-state index >= 15 is 0 Å². The molecule has 5 fully saturated rings. The summed E-state index contributed by atoms with van der Waals surface area (Å²) in [4.78, 5) is 50.9. The Bertz CT molecular complexity index is 1200. The van der Waals surface area contributed by atoms with E-state index < -0.39 is 47.1 Å². The number of amides is 1. The number of hydrogen-bond donors (Lipinski definition) is 5. The number of alkyl carbamates (subject to hydrolysis) is 1. The molecule has 0 aromatic heterocycles. The summed E-state index contributed by atoms with van der Waals surface area (Å²) < 4.78 is 5.30. The number of carboxylic acid groups (broad SMARTS) is 1. The van der Waals surface area contributed by atoms with E-state index in [2.05, 4.69) is 26.1 Å². The summed E-state index contributed by atoms with van der Waals surface area (Å²) in [6.45, 7) is 14.4. The van der Waals surface area contributed by atoms with Crippen LogP contribution in [0, 0.1) is 40.4 Å². The van der Waals surface area contributed by atoms with Crippen LogP contribution in [0.25, 0.3) is 0 Å². The fourth-order valence-electron chi connectivity index (χ4n) is 10.5. The molecule has 11 heteroatoms. The maximum atomic E-state index is 13.4. The van der Waals surface area contributed by atoms with Crippen LogP contribution < -0.4 is 5.32 Å². The van der Waals surface area contributed by atoms with Crippen LogP contribution in [0.1, 0.15) is 119 Å². The number of Topliss-reactive ketones (excluding diaryl/α,β-unsaturated/α-hetero) is 2. The first-order valence-electron chi connectivity index (χ1n) is 18.3. The molecule has 0 spiro atoms. The summed E-state index contributed by atoms with van der Waals surface area (Å²) in [7, 11) is 0. The largest absolute Gasteiger partial charge is 0.480 e. The van der Waals surface area contributed by atoms with Gasteiger partial charge in [0.25, 0.3) is 0 Å². The van der Waals surface area contributed by atoms with Crippen molar-refractivity contribution < 1.29 is 44.3 Å². The van der Waals surface area contributed by atoms with Crippen molar-refractivity contribution in [2.24, 2.45) is 40.4 Å². The first-order valence-corrected chi connectivity index (χ1v) is 18.3. The van der Waals surface area contributed by atoms with Crippen LogP contribution in [-0.2, 0) is 19.1 Å². The van der Waals surface area contributed by atoms with E-state index in [1.165, 1.54) is 0 Å². The quantitative estimate of drug-likeness (QED) is 0.249. The number of ether oxygens (including phenoxy) is 1. The second-order valence-corrected chi connectivity index (χ2v) is 17.5. The van der Waals surface area contributed by atoms with Gasteiger partial charge >= 0.3 is 12.1 Å². The maximum Gasteiger partial charge on any atom is 0.407 e. The Morgan fingerprint density at radius 1 is 1.06 bits per heavy atom. The minimum Gasteiger partial charge on any atom is -0.480 e. The third kappa shape index (κ3) is 7.79. The molecule has 5 N–H and O–H groups in total. The number of carbonyl (C=O) groups is 4. The number of aliphatic hydroxyl groups excluding tert-OH is 2. The Kier molecular flexibility index (Phi) is 11.8. The van der Waals surface area contributed by atoms with Crippen molar-refractivity contribution in [2.75, 3.05) is 19.7 Å². The van der Waals surface area contributed by atoms with E-state index in [-0.39, 0.29) is 47.5 Å². The minimum absolute atomic E-state index is 0.0154. The summed E-state index contributed by atoms with van der Waals surface area (Å²) in [6.07, 6.45) is 7.39. The molecule has 1 unspecified atom stereocenters. The molecule has 48 heavy (non-hydrogen) atoms. The van der Waals surface area contributed by atoms with Crippen molar-refractivity contribution in [1.82, 2.24) is 10.2 Å². The lowest BCUT2D eigenvalue weighted by atomic mass is 9.44.